The largest absolute Gasteiger partial charge is 0.490 e. The molecule has 2 rings (SSSR count). The summed E-state index contributed by atoms with van der Waals surface area (Å²) < 4.78 is 6.10. The van der Waals surface area contributed by atoms with Crippen molar-refractivity contribution in [1.29, 1.82) is 0 Å². The quantitative estimate of drug-likeness (QED) is 0.842. The van der Waals surface area contributed by atoms with Gasteiger partial charge in [0.1, 0.15) is 5.75 Å². The molecule has 1 aromatic carbocycles. The molecule has 1 fully saturated rings. The summed E-state index contributed by atoms with van der Waals surface area (Å²) in [7, 11) is 0. The van der Waals surface area contributed by atoms with E-state index in [1.807, 2.05) is 25.1 Å². The van der Waals surface area contributed by atoms with Gasteiger partial charge in [0.15, 0.2) is 0 Å². The highest BCUT2D eigenvalue weighted by molar-refractivity contribution is 5.85. The third-order valence-electron chi connectivity index (χ3n) is 3.75. The lowest BCUT2D eigenvalue weighted by Gasteiger charge is -2.28. The van der Waals surface area contributed by atoms with Crippen molar-refractivity contribution in [2.75, 3.05) is 0 Å². The van der Waals surface area contributed by atoms with Gasteiger partial charge in [-0.05, 0) is 50.3 Å². The summed E-state index contributed by atoms with van der Waals surface area (Å²) in [6.07, 6.45) is 7.66. The molecule has 0 saturated heterocycles. The van der Waals surface area contributed by atoms with Crippen LogP contribution in [0, 0.1) is 12.8 Å². The fourth-order valence-corrected chi connectivity index (χ4v) is 2.73. The average Bonchev–Trinajstić information content (AvgIpc) is 2.39. The van der Waals surface area contributed by atoms with Crippen LogP contribution >= 0.6 is 0 Å². The maximum atomic E-state index is 10.7. The summed E-state index contributed by atoms with van der Waals surface area (Å²) in [4.78, 5) is 10.7. The minimum Gasteiger partial charge on any atom is -0.490 e. The molecule has 20 heavy (non-hydrogen) atoms. The highest BCUT2D eigenvalue weighted by Crippen LogP contribution is 2.30. The van der Waals surface area contributed by atoms with Crippen LogP contribution in [0.15, 0.2) is 24.3 Å². The second-order valence-corrected chi connectivity index (χ2v) is 5.72. The van der Waals surface area contributed by atoms with Gasteiger partial charge in [-0.15, -0.1) is 0 Å². The monoisotopic (exact) mass is 274 g/mol. The molecule has 1 aromatic rings. The number of aliphatic carboxylic acids is 1. The molecular weight excluding hydrogens is 252 g/mol. The number of carboxylic acid groups (broad SMARTS) is 1. The fraction of sp³-hybridized carbons (Fsp3) is 0.471. The van der Waals surface area contributed by atoms with Crippen molar-refractivity contribution >= 4 is 12.0 Å². The molecule has 2 unspecified atom stereocenters. The minimum absolute atomic E-state index is 0.249. The van der Waals surface area contributed by atoms with Crippen molar-refractivity contribution in [3.63, 3.8) is 0 Å². The van der Waals surface area contributed by atoms with E-state index < -0.39 is 5.97 Å². The van der Waals surface area contributed by atoms with Gasteiger partial charge < -0.3 is 9.84 Å². The summed E-state index contributed by atoms with van der Waals surface area (Å²) in [6, 6.07) is 5.90. The standard InChI is InChI=1S/C17H22O3/c1-12-4-3-5-15(11-12)20-16-8-6-13(2)10-14(16)7-9-17(18)19/h6-10,12,15H,3-5,11H2,1-2H3,(H,18,19). The van der Waals surface area contributed by atoms with Crippen LogP contribution in [0.25, 0.3) is 6.08 Å². The number of hydrogen-bond acceptors (Lipinski definition) is 2. The normalized spacial score (nSPS) is 22.9. The van der Waals surface area contributed by atoms with Gasteiger partial charge in [0, 0.05) is 11.6 Å². The van der Waals surface area contributed by atoms with Crippen molar-refractivity contribution in [3.8, 4) is 5.75 Å². The summed E-state index contributed by atoms with van der Waals surface area (Å²) in [5, 5.41) is 8.76. The van der Waals surface area contributed by atoms with E-state index in [1.54, 1.807) is 6.08 Å². The first kappa shape index (κ1) is 14.6. The second-order valence-electron chi connectivity index (χ2n) is 5.72. The third kappa shape index (κ3) is 4.12. The number of carbonyl (C=O) groups is 1. The molecule has 1 aliphatic rings. The molecule has 0 radical (unpaired) electrons. The number of ether oxygens (including phenoxy) is 1. The Hall–Kier alpha value is -1.77. The van der Waals surface area contributed by atoms with Gasteiger partial charge in [0.25, 0.3) is 0 Å². The lowest BCUT2D eigenvalue weighted by atomic mass is 9.88. The number of carboxylic acids is 1. The van der Waals surface area contributed by atoms with Crippen LogP contribution in [-0.4, -0.2) is 17.2 Å². The molecule has 1 N–H and O–H groups in total. The van der Waals surface area contributed by atoms with Crippen molar-refractivity contribution in [2.45, 2.75) is 45.6 Å². The first-order valence-electron chi connectivity index (χ1n) is 7.23. The van der Waals surface area contributed by atoms with E-state index in [-0.39, 0.29) is 6.10 Å². The lowest BCUT2D eigenvalue weighted by molar-refractivity contribution is -0.131. The highest BCUT2D eigenvalue weighted by atomic mass is 16.5. The summed E-state index contributed by atoms with van der Waals surface area (Å²) in [5.74, 6) is 0.549. The second kappa shape index (κ2) is 6.60. The van der Waals surface area contributed by atoms with E-state index in [1.165, 1.54) is 12.8 Å². The van der Waals surface area contributed by atoms with Gasteiger partial charge in [-0.25, -0.2) is 4.79 Å². The maximum absolute atomic E-state index is 10.7. The molecule has 0 aromatic heterocycles. The molecular formula is C17H22O3. The molecule has 0 spiro atoms. The smallest absolute Gasteiger partial charge is 0.328 e. The van der Waals surface area contributed by atoms with Crippen molar-refractivity contribution in [2.24, 2.45) is 5.92 Å². The molecule has 0 heterocycles. The molecule has 0 bridgehead atoms. The van der Waals surface area contributed by atoms with Crippen LogP contribution in [0.4, 0.5) is 0 Å². The predicted molar refractivity (Wildman–Crippen MR) is 79.9 cm³/mol. The van der Waals surface area contributed by atoms with E-state index in [9.17, 15) is 4.79 Å². The van der Waals surface area contributed by atoms with Crippen LogP contribution in [0.2, 0.25) is 0 Å². The van der Waals surface area contributed by atoms with Crippen LogP contribution < -0.4 is 4.74 Å². The first-order chi connectivity index (χ1) is 9.54. The van der Waals surface area contributed by atoms with Crippen molar-refractivity contribution < 1.29 is 14.6 Å². The summed E-state index contributed by atoms with van der Waals surface area (Å²) in [6.45, 7) is 4.25. The number of rotatable bonds is 4. The zero-order chi connectivity index (χ0) is 14.5. The van der Waals surface area contributed by atoms with Gasteiger partial charge >= 0.3 is 5.97 Å². The zero-order valence-electron chi connectivity index (χ0n) is 12.1. The Kier molecular flexibility index (Phi) is 4.83. The van der Waals surface area contributed by atoms with E-state index in [0.29, 0.717) is 5.92 Å². The van der Waals surface area contributed by atoms with Gasteiger partial charge in [0.2, 0.25) is 0 Å². The Balaban J connectivity index is 2.15. The summed E-state index contributed by atoms with van der Waals surface area (Å²) in [5.41, 5.74) is 1.94. The van der Waals surface area contributed by atoms with Crippen LogP contribution in [0.1, 0.15) is 43.7 Å². The lowest BCUT2D eigenvalue weighted by Crippen LogP contribution is -2.24. The van der Waals surface area contributed by atoms with Crippen LogP contribution in [0.5, 0.6) is 5.75 Å². The van der Waals surface area contributed by atoms with E-state index in [2.05, 4.69) is 6.92 Å². The number of hydrogen-bond donors (Lipinski definition) is 1. The Bertz CT molecular complexity index is 505. The SMILES string of the molecule is Cc1ccc(OC2CCCC(C)C2)c(C=CC(=O)O)c1. The molecule has 3 nitrogen and oxygen atoms in total. The molecule has 0 aliphatic heterocycles. The molecule has 1 aliphatic carbocycles. The van der Waals surface area contributed by atoms with Crippen LogP contribution in [0.3, 0.4) is 0 Å². The number of benzene rings is 1. The molecule has 108 valence electrons. The van der Waals surface area contributed by atoms with Gasteiger partial charge in [0.05, 0.1) is 6.10 Å². The Morgan fingerprint density at radius 2 is 2.20 bits per heavy atom. The molecule has 3 heteroatoms. The summed E-state index contributed by atoms with van der Waals surface area (Å²) >= 11 is 0. The van der Waals surface area contributed by atoms with E-state index >= 15 is 0 Å². The minimum atomic E-state index is -0.941. The Labute approximate surface area is 120 Å². The average molecular weight is 274 g/mol. The molecule has 1 saturated carbocycles. The van der Waals surface area contributed by atoms with E-state index in [0.717, 1.165) is 35.8 Å². The van der Waals surface area contributed by atoms with Crippen molar-refractivity contribution in [1.82, 2.24) is 0 Å². The predicted octanol–water partition coefficient (Wildman–Crippen LogP) is 4.05. The van der Waals surface area contributed by atoms with Gasteiger partial charge in [-0.3, -0.25) is 0 Å². The Morgan fingerprint density at radius 1 is 1.40 bits per heavy atom. The zero-order valence-corrected chi connectivity index (χ0v) is 12.1. The van der Waals surface area contributed by atoms with Crippen molar-refractivity contribution in [3.05, 3.63) is 35.4 Å². The maximum Gasteiger partial charge on any atom is 0.328 e. The number of aryl methyl sites for hydroxylation is 1. The molecule has 0 amide bonds. The van der Waals surface area contributed by atoms with Crippen LogP contribution in [-0.2, 0) is 4.79 Å². The Morgan fingerprint density at radius 3 is 2.90 bits per heavy atom. The van der Waals surface area contributed by atoms with Gasteiger partial charge in [-0.1, -0.05) is 25.0 Å². The molecule has 2 atom stereocenters. The third-order valence-corrected chi connectivity index (χ3v) is 3.75. The first-order valence-corrected chi connectivity index (χ1v) is 7.23. The van der Waals surface area contributed by atoms with Gasteiger partial charge in [-0.2, -0.15) is 0 Å². The topological polar surface area (TPSA) is 46.5 Å². The fourth-order valence-electron chi connectivity index (χ4n) is 2.73. The highest BCUT2D eigenvalue weighted by Gasteiger charge is 2.20. The van der Waals surface area contributed by atoms with E-state index in [4.69, 9.17) is 9.84 Å².